The standard InChI is InChI=1S/C7H10O6/c1-13-5-3(8)2-7(11,12)6(10)4(5)9/h6,8,10-12H,2H2,1H3. The number of carbonyl (C=O) groups is 1. The summed E-state index contributed by atoms with van der Waals surface area (Å²) in [6.45, 7) is 0. The maximum atomic E-state index is 11.1. The van der Waals surface area contributed by atoms with Crippen molar-refractivity contribution in [2.24, 2.45) is 0 Å². The largest absolute Gasteiger partial charge is 0.508 e. The summed E-state index contributed by atoms with van der Waals surface area (Å²) >= 11 is 0. The van der Waals surface area contributed by atoms with Gasteiger partial charge in [0.2, 0.25) is 17.3 Å². The number of aliphatic hydroxyl groups is 4. The fourth-order valence-electron chi connectivity index (χ4n) is 1.12. The zero-order chi connectivity index (χ0) is 10.2. The molecule has 0 aromatic carbocycles. The van der Waals surface area contributed by atoms with Gasteiger partial charge in [0.1, 0.15) is 5.76 Å². The van der Waals surface area contributed by atoms with Gasteiger partial charge in [-0.2, -0.15) is 0 Å². The Morgan fingerprint density at radius 3 is 2.54 bits per heavy atom. The minimum Gasteiger partial charge on any atom is -0.508 e. The lowest BCUT2D eigenvalue weighted by molar-refractivity contribution is -0.227. The number of ether oxygens (including phenoxy) is 1. The molecule has 1 aliphatic carbocycles. The van der Waals surface area contributed by atoms with E-state index in [9.17, 15) is 4.79 Å². The smallest absolute Gasteiger partial charge is 0.234 e. The van der Waals surface area contributed by atoms with Crippen LogP contribution in [0.2, 0.25) is 0 Å². The number of hydrogen-bond donors (Lipinski definition) is 4. The summed E-state index contributed by atoms with van der Waals surface area (Å²) < 4.78 is 4.48. The fourth-order valence-corrected chi connectivity index (χ4v) is 1.12. The van der Waals surface area contributed by atoms with Crippen molar-refractivity contribution in [2.75, 3.05) is 7.11 Å². The summed E-state index contributed by atoms with van der Waals surface area (Å²) in [7, 11) is 1.14. The lowest BCUT2D eigenvalue weighted by Gasteiger charge is -2.30. The Kier molecular flexibility index (Phi) is 2.29. The minimum absolute atomic E-state index is 0.439. The zero-order valence-corrected chi connectivity index (χ0v) is 6.89. The fraction of sp³-hybridized carbons (Fsp3) is 0.571. The number of carbonyl (C=O) groups excluding carboxylic acids is 1. The van der Waals surface area contributed by atoms with E-state index in [1.165, 1.54) is 0 Å². The first-order valence-electron chi connectivity index (χ1n) is 3.53. The van der Waals surface area contributed by atoms with Crippen LogP contribution < -0.4 is 0 Å². The molecule has 0 fully saturated rings. The van der Waals surface area contributed by atoms with Crippen LogP contribution in [0.25, 0.3) is 0 Å². The molecule has 0 aromatic heterocycles. The van der Waals surface area contributed by atoms with E-state index in [-0.39, 0.29) is 0 Å². The molecule has 6 nitrogen and oxygen atoms in total. The maximum absolute atomic E-state index is 11.1. The molecule has 0 spiro atoms. The van der Waals surface area contributed by atoms with Crippen molar-refractivity contribution in [3.8, 4) is 0 Å². The Labute approximate surface area is 73.7 Å². The molecule has 0 aromatic rings. The summed E-state index contributed by atoms with van der Waals surface area (Å²) in [6.07, 6.45) is -2.62. The van der Waals surface area contributed by atoms with Gasteiger partial charge in [0.05, 0.1) is 13.5 Å². The molecule has 4 N–H and O–H groups in total. The highest BCUT2D eigenvalue weighted by molar-refractivity contribution is 5.99. The van der Waals surface area contributed by atoms with Gasteiger partial charge in [-0.05, 0) is 0 Å². The highest BCUT2D eigenvalue weighted by atomic mass is 16.5. The molecule has 0 aliphatic heterocycles. The van der Waals surface area contributed by atoms with E-state index in [1.54, 1.807) is 0 Å². The molecule has 0 saturated carbocycles. The van der Waals surface area contributed by atoms with Crippen LogP contribution in [0.1, 0.15) is 6.42 Å². The van der Waals surface area contributed by atoms with E-state index in [0.29, 0.717) is 0 Å². The number of methoxy groups -OCH3 is 1. The first-order valence-corrected chi connectivity index (χ1v) is 3.53. The first kappa shape index (κ1) is 9.97. The molecular weight excluding hydrogens is 180 g/mol. The summed E-state index contributed by atoms with van der Waals surface area (Å²) in [4.78, 5) is 11.1. The number of rotatable bonds is 1. The van der Waals surface area contributed by atoms with Gasteiger partial charge in [0, 0.05) is 0 Å². The number of Topliss-reactive ketones (excluding diaryl/α,β-unsaturated/α-hetero) is 1. The van der Waals surface area contributed by atoms with Crippen LogP contribution in [0.15, 0.2) is 11.5 Å². The second-order valence-electron chi connectivity index (χ2n) is 2.80. The van der Waals surface area contributed by atoms with E-state index >= 15 is 0 Å². The second-order valence-corrected chi connectivity index (χ2v) is 2.80. The quantitative estimate of drug-likeness (QED) is 0.371. The first-order chi connectivity index (χ1) is 5.90. The summed E-state index contributed by atoms with van der Waals surface area (Å²) in [5.74, 6) is -4.69. The Bertz CT molecular complexity index is 266. The van der Waals surface area contributed by atoms with E-state index < -0.39 is 35.6 Å². The Balaban J connectivity index is 3.08. The van der Waals surface area contributed by atoms with Crippen LogP contribution in [0.5, 0.6) is 0 Å². The zero-order valence-electron chi connectivity index (χ0n) is 6.89. The number of ketones is 1. The predicted molar refractivity (Wildman–Crippen MR) is 39.5 cm³/mol. The van der Waals surface area contributed by atoms with Crippen molar-refractivity contribution in [3.05, 3.63) is 11.5 Å². The molecule has 0 heterocycles. The van der Waals surface area contributed by atoms with Gasteiger partial charge in [-0.3, -0.25) is 4.79 Å². The van der Waals surface area contributed by atoms with Crippen molar-refractivity contribution < 1.29 is 30.0 Å². The van der Waals surface area contributed by atoms with Crippen molar-refractivity contribution in [1.29, 1.82) is 0 Å². The van der Waals surface area contributed by atoms with E-state index in [1.807, 2.05) is 0 Å². The summed E-state index contributed by atoms with van der Waals surface area (Å²) in [5.41, 5.74) is 0. The third-order valence-electron chi connectivity index (χ3n) is 1.80. The third kappa shape index (κ3) is 1.51. The topological polar surface area (TPSA) is 107 Å². The van der Waals surface area contributed by atoms with Gasteiger partial charge in [-0.15, -0.1) is 0 Å². The van der Waals surface area contributed by atoms with Crippen LogP contribution in [0, 0.1) is 0 Å². The lowest BCUT2D eigenvalue weighted by atomic mass is 9.93. The molecule has 1 atom stereocenters. The molecule has 0 bridgehead atoms. The third-order valence-corrected chi connectivity index (χ3v) is 1.80. The molecule has 1 unspecified atom stereocenters. The summed E-state index contributed by atoms with van der Waals surface area (Å²) in [5, 5.41) is 36.2. The number of aliphatic hydroxyl groups excluding tert-OH is 2. The highest BCUT2D eigenvalue weighted by Crippen LogP contribution is 2.27. The van der Waals surface area contributed by atoms with Gasteiger partial charge in [0.15, 0.2) is 6.10 Å². The highest BCUT2D eigenvalue weighted by Gasteiger charge is 2.46. The molecule has 6 heteroatoms. The van der Waals surface area contributed by atoms with Crippen LogP contribution in [0.3, 0.4) is 0 Å². The van der Waals surface area contributed by atoms with Gasteiger partial charge in [-0.25, -0.2) is 0 Å². The average molecular weight is 190 g/mol. The molecule has 0 amide bonds. The average Bonchev–Trinajstić information content (AvgIpc) is 2.01. The molecule has 13 heavy (non-hydrogen) atoms. The van der Waals surface area contributed by atoms with E-state index in [2.05, 4.69) is 4.74 Å². The molecule has 74 valence electrons. The predicted octanol–water partition coefficient (Wildman–Crippen LogP) is -1.58. The van der Waals surface area contributed by atoms with E-state index in [4.69, 9.17) is 20.4 Å². The van der Waals surface area contributed by atoms with Gasteiger partial charge in [-0.1, -0.05) is 0 Å². The Hall–Kier alpha value is -1.11. The SMILES string of the molecule is COC1=C(O)CC(O)(O)C(O)C1=O. The summed E-state index contributed by atoms with van der Waals surface area (Å²) in [6, 6.07) is 0. The van der Waals surface area contributed by atoms with Crippen molar-refractivity contribution in [3.63, 3.8) is 0 Å². The molecular formula is C7H10O6. The maximum Gasteiger partial charge on any atom is 0.234 e. The molecule has 1 rings (SSSR count). The van der Waals surface area contributed by atoms with Crippen LogP contribution in [0.4, 0.5) is 0 Å². The molecule has 0 saturated heterocycles. The van der Waals surface area contributed by atoms with Crippen LogP contribution in [-0.2, 0) is 9.53 Å². The monoisotopic (exact) mass is 190 g/mol. The van der Waals surface area contributed by atoms with Gasteiger partial charge in [0.25, 0.3) is 0 Å². The minimum atomic E-state index is -2.62. The van der Waals surface area contributed by atoms with Crippen LogP contribution >= 0.6 is 0 Å². The molecule has 0 radical (unpaired) electrons. The normalized spacial score (nSPS) is 27.7. The van der Waals surface area contributed by atoms with Crippen molar-refractivity contribution >= 4 is 5.78 Å². The Morgan fingerprint density at radius 2 is 2.08 bits per heavy atom. The lowest BCUT2D eigenvalue weighted by Crippen LogP contribution is -2.51. The van der Waals surface area contributed by atoms with Gasteiger partial charge >= 0.3 is 0 Å². The second kappa shape index (κ2) is 2.99. The van der Waals surface area contributed by atoms with Gasteiger partial charge < -0.3 is 25.2 Å². The van der Waals surface area contributed by atoms with Crippen molar-refractivity contribution in [1.82, 2.24) is 0 Å². The number of hydrogen-bond acceptors (Lipinski definition) is 6. The van der Waals surface area contributed by atoms with Crippen molar-refractivity contribution in [2.45, 2.75) is 18.3 Å². The van der Waals surface area contributed by atoms with Crippen LogP contribution in [-0.4, -0.2) is 45.2 Å². The Morgan fingerprint density at radius 1 is 1.54 bits per heavy atom. The molecule has 1 aliphatic rings. The van der Waals surface area contributed by atoms with E-state index in [0.717, 1.165) is 7.11 Å².